The second kappa shape index (κ2) is 4.53. The third-order valence-corrected chi connectivity index (χ3v) is 3.37. The van der Waals surface area contributed by atoms with Gasteiger partial charge in [-0.3, -0.25) is 0 Å². The SMILES string of the molecule is C=C(C)S/C(=C\C)c1cccs1. The number of hydrogen-bond donors (Lipinski definition) is 0. The fourth-order valence-electron chi connectivity index (χ4n) is 0.858. The molecule has 0 nitrogen and oxygen atoms in total. The molecule has 0 N–H and O–H groups in total. The average Bonchev–Trinajstić information content (AvgIpc) is 2.51. The summed E-state index contributed by atoms with van der Waals surface area (Å²) >= 11 is 3.50. The van der Waals surface area contributed by atoms with Crippen molar-refractivity contribution in [2.45, 2.75) is 13.8 Å². The van der Waals surface area contributed by atoms with E-state index in [1.165, 1.54) is 9.78 Å². The first-order valence-corrected chi connectivity index (χ1v) is 5.47. The number of thioether (sulfide) groups is 1. The average molecular weight is 196 g/mol. The fourth-order valence-corrected chi connectivity index (χ4v) is 2.48. The molecule has 0 aliphatic carbocycles. The van der Waals surface area contributed by atoms with Gasteiger partial charge < -0.3 is 0 Å². The maximum absolute atomic E-state index is 3.88. The van der Waals surface area contributed by atoms with Crippen molar-refractivity contribution in [3.05, 3.63) is 40.0 Å². The first kappa shape index (κ1) is 9.62. The van der Waals surface area contributed by atoms with Crippen molar-refractivity contribution in [1.29, 1.82) is 0 Å². The predicted molar refractivity (Wildman–Crippen MR) is 60.4 cm³/mol. The highest BCUT2D eigenvalue weighted by atomic mass is 32.2. The Kier molecular flexibility index (Phi) is 3.63. The molecule has 1 heterocycles. The van der Waals surface area contributed by atoms with Gasteiger partial charge in [-0.25, -0.2) is 0 Å². The third kappa shape index (κ3) is 2.54. The molecule has 0 unspecified atom stereocenters. The van der Waals surface area contributed by atoms with Crippen LogP contribution in [-0.2, 0) is 0 Å². The molecule has 0 amide bonds. The zero-order chi connectivity index (χ0) is 8.97. The summed E-state index contributed by atoms with van der Waals surface area (Å²) in [7, 11) is 0. The van der Waals surface area contributed by atoms with E-state index < -0.39 is 0 Å². The van der Waals surface area contributed by atoms with Crippen LogP contribution in [0.5, 0.6) is 0 Å². The third-order valence-electron chi connectivity index (χ3n) is 1.31. The Labute approximate surface area is 82.0 Å². The Balaban J connectivity index is 2.78. The van der Waals surface area contributed by atoms with Gasteiger partial charge in [0.2, 0.25) is 0 Å². The molecule has 0 aliphatic heterocycles. The largest absolute Gasteiger partial charge is 0.143 e. The van der Waals surface area contributed by atoms with E-state index >= 15 is 0 Å². The van der Waals surface area contributed by atoms with E-state index in [1.807, 2.05) is 6.92 Å². The summed E-state index contributed by atoms with van der Waals surface area (Å²) in [4.78, 5) is 3.76. The van der Waals surface area contributed by atoms with Crippen LogP contribution in [0.2, 0.25) is 0 Å². The first-order valence-electron chi connectivity index (χ1n) is 3.77. The van der Waals surface area contributed by atoms with Crippen LogP contribution in [0.15, 0.2) is 35.1 Å². The van der Waals surface area contributed by atoms with E-state index in [2.05, 4.69) is 37.1 Å². The van der Waals surface area contributed by atoms with Crippen molar-refractivity contribution in [3.63, 3.8) is 0 Å². The van der Waals surface area contributed by atoms with Crippen LogP contribution >= 0.6 is 23.1 Å². The summed E-state index contributed by atoms with van der Waals surface area (Å²) in [6.07, 6.45) is 2.13. The van der Waals surface area contributed by atoms with Crippen molar-refractivity contribution < 1.29 is 0 Å². The Morgan fingerprint density at radius 3 is 2.83 bits per heavy atom. The number of hydrogen-bond acceptors (Lipinski definition) is 2. The fraction of sp³-hybridized carbons (Fsp3) is 0.200. The van der Waals surface area contributed by atoms with Gasteiger partial charge in [0.25, 0.3) is 0 Å². The maximum atomic E-state index is 3.88. The molecular formula is C10H12S2. The quantitative estimate of drug-likeness (QED) is 0.691. The lowest BCUT2D eigenvalue weighted by atomic mass is 10.4. The van der Waals surface area contributed by atoms with Crippen LogP contribution in [0, 0.1) is 0 Å². The highest BCUT2D eigenvalue weighted by Gasteiger charge is 2.01. The minimum Gasteiger partial charge on any atom is -0.143 e. The minimum atomic E-state index is 1.14. The van der Waals surface area contributed by atoms with Gasteiger partial charge in [0.15, 0.2) is 0 Å². The van der Waals surface area contributed by atoms with Crippen molar-refractivity contribution >= 4 is 28.0 Å². The van der Waals surface area contributed by atoms with Gasteiger partial charge >= 0.3 is 0 Å². The summed E-state index contributed by atoms with van der Waals surface area (Å²) in [5.74, 6) is 0. The van der Waals surface area contributed by atoms with E-state index in [0.29, 0.717) is 0 Å². The van der Waals surface area contributed by atoms with Gasteiger partial charge in [-0.15, -0.1) is 11.3 Å². The topological polar surface area (TPSA) is 0 Å². The van der Waals surface area contributed by atoms with Gasteiger partial charge in [-0.2, -0.15) is 0 Å². The van der Waals surface area contributed by atoms with E-state index in [1.54, 1.807) is 23.1 Å². The molecule has 12 heavy (non-hydrogen) atoms. The molecular weight excluding hydrogens is 184 g/mol. The van der Waals surface area contributed by atoms with Crippen molar-refractivity contribution in [1.82, 2.24) is 0 Å². The Bertz CT molecular complexity index is 281. The Morgan fingerprint density at radius 1 is 1.67 bits per heavy atom. The molecule has 0 atom stereocenters. The van der Waals surface area contributed by atoms with Crippen LogP contribution in [0.25, 0.3) is 4.91 Å². The minimum absolute atomic E-state index is 1.14. The molecule has 0 fully saturated rings. The molecule has 0 saturated carbocycles. The van der Waals surface area contributed by atoms with Crippen molar-refractivity contribution in [2.75, 3.05) is 0 Å². The lowest BCUT2D eigenvalue weighted by molar-refractivity contribution is 1.72. The molecule has 1 aromatic rings. The Hall–Kier alpha value is -0.470. The molecule has 0 spiro atoms. The second-order valence-corrected chi connectivity index (χ2v) is 4.72. The molecule has 1 rings (SSSR count). The molecule has 1 aromatic heterocycles. The zero-order valence-corrected chi connectivity index (χ0v) is 8.97. The first-order chi connectivity index (χ1) is 5.74. The maximum Gasteiger partial charge on any atom is 0.0406 e. The zero-order valence-electron chi connectivity index (χ0n) is 7.33. The van der Waals surface area contributed by atoms with Gasteiger partial charge in [-0.05, 0) is 30.2 Å². The van der Waals surface area contributed by atoms with Crippen LogP contribution < -0.4 is 0 Å². The summed E-state index contributed by atoms with van der Waals surface area (Å²) in [6.45, 7) is 7.97. The lowest BCUT2D eigenvalue weighted by Crippen LogP contribution is -1.71. The van der Waals surface area contributed by atoms with Crippen LogP contribution in [0.1, 0.15) is 18.7 Å². The number of thiophene rings is 1. The van der Waals surface area contributed by atoms with Crippen LogP contribution in [0.3, 0.4) is 0 Å². The standard InChI is InChI=1S/C10H12S2/c1-4-9(12-8(2)3)10-6-5-7-11-10/h4-7H,2H2,1,3H3/b9-4-. The van der Waals surface area contributed by atoms with E-state index in [0.717, 1.165) is 4.91 Å². The normalized spacial score (nSPS) is 11.7. The summed E-state index contributed by atoms with van der Waals surface area (Å²) in [6, 6.07) is 4.21. The van der Waals surface area contributed by atoms with Crippen molar-refractivity contribution in [2.24, 2.45) is 0 Å². The van der Waals surface area contributed by atoms with Crippen molar-refractivity contribution in [3.8, 4) is 0 Å². The van der Waals surface area contributed by atoms with E-state index in [4.69, 9.17) is 0 Å². The summed E-state index contributed by atoms with van der Waals surface area (Å²) < 4.78 is 0. The van der Waals surface area contributed by atoms with Gasteiger partial charge in [0.05, 0.1) is 0 Å². The molecule has 0 radical (unpaired) electrons. The highest BCUT2D eigenvalue weighted by molar-refractivity contribution is 8.11. The van der Waals surface area contributed by atoms with Gasteiger partial charge in [0.1, 0.15) is 0 Å². The van der Waals surface area contributed by atoms with Crippen LogP contribution in [0.4, 0.5) is 0 Å². The predicted octanol–water partition coefficient (Wildman–Crippen LogP) is 4.38. The van der Waals surface area contributed by atoms with Crippen LogP contribution in [-0.4, -0.2) is 0 Å². The lowest BCUT2D eigenvalue weighted by Gasteiger charge is -2.01. The Morgan fingerprint density at radius 2 is 2.42 bits per heavy atom. The molecule has 64 valence electrons. The number of rotatable bonds is 3. The highest BCUT2D eigenvalue weighted by Crippen LogP contribution is 2.34. The summed E-state index contributed by atoms with van der Waals surface area (Å²) in [5.41, 5.74) is 0. The molecule has 0 aliphatic rings. The second-order valence-electron chi connectivity index (χ2n) is 2.43. The number of allylic oxidation sites excluding steroid dienone is 2. The van der Waals surface area contributed by atoms with E-state index in [-0.39, 0.29) is 0 Å². The van der Waals surface area contributed by atoms with Gasteiger partial charge in [0, 0.05) is 9.78 Å². The molecule has 2 heteroatoms. The summed E-state index contributed by atoms with van der Waals surface area (Å²) in [5, 5.41) is 2.10. The monoisotopic (exact) mass is 196 g/mol. The smallest absolute Gasteiger partial charge is 0.0406 e. The van der Waals surface area contributed by atoms with E-state index in [9.17, 15) is 0 Å². The molecule has 0 bridgehead atoms. The molecule has 0 aromatic carbocycles. The molecule has 0 saturated heterocycles. The van der Waals surface area contributed by atoms with Gasteiger partial charge in [-0.1, -0.05) is 30.5 Å².